The first kappa shape index (κ1) is 10.9. The maximum Gasteiger partial charge on any atom is 0.321 e. The summed E-state index contributed by atoms with van der Waals surface area (Å²) < 4.78 is 0. The van der Waals surface area contributed by atoms with Gasteiger partial charge in [-0.05, 0) is 42.4 Å². The third-order valence-electron chi connectivity index (χ3n) is 4.76. The van der Waals surface area contributed by atoms with Gasteiger partial charge in [0.15, 0.2) is 0 Å². The van der Waals surface area contributed by atoms with E-state index in [1.165, 1.54) is 25.7 Å². The zero-order valence-electron chi connectivity index (χ0n) is 9.57. The molecular weight excluding hydrogens is 190 g/mol. The first-order chi connectivity index (χ1) is 6.93. The van der Waals surface area contributed by atoms with Crippen LogP contribution in [0.4, 0.5) is 0 Å². The van der Waals surface area contributed by atoms with Crippen LogP contribution in [0.25, 0.3) is 0 Å². The number of carbonyl (C=O) groups is 1. The van der Waals surface area contributed by atoms with Crippen LogP contribution in [0, 0.1) is 23.2 Å². The average molecular weight is 211 g/mol. The van der Waals surface area contributed by atoms with E-state index in [2.05, 4.69) is 0 Å². The predicted octanol–water partition coefficient (Wildman–Crippen LogP) is 1.86. The summed E-state index contributed by atoms with van der Waals surface area (Å²) in [4.78, 5) is 11.0. The van der Waals surface area contributed by atoms with Gasteiger partial charge in [-0.3, -0.25) is 4.79 Å². The van der Waals surface area contributed by atoms with Crippen molar-refractivity contribution in [2.45, 2.75) is 45.6 Å². The molecule has 0 amide bonds. The first-order valence-corrected chi connectivity index (χ1v) is 5.91. The number of rotatable bonds is 3. The summed E-state index contributed by atoms with van der Waals surface area (Å²) in [6.45, 7) is 4.05. The third kappa shape index (κ3) is 1.67. The van der Waals surface area contributed by atoms with Gasteiger partial charge in [-0.25, -0.2) is 0 Å². The molecule has 0 aromatic rings. The summed E-state index contributed by atoms with van der Waals surface area (Å²) in [5, 5.41) is 9.02. The lowest BCUT2D eigenvalue weighted by molar-refractivity contribution is -0.142. The Morgan fingerprint density at radius 3 is 2.47 bits per heavy atom. The summed E-state index contributed by atoms with van der Waals surface area (Å²) in [5.74, 6) is 1.24. The van der Waals surface area contributed by atoms with Gasteiger partial charge >= 0.3 is 5.97 Å². The zero-order valence-corrected chi connectivity index (χ0v) is 9.57. The van der Waals surface area contributed by atoms with E-state index in [0.29, 0.717) is 5.92 Å². The van der Waals surface area contributed by atoms with Crippen molar-refractivity contribution in [1.29, 1.82) is 0 Å². The van der Waals surface area contributed by atoms with E-state index in [4.69, 9.17) is 10.8 Å². The highest BCUT2D eigenvalue weighted by molar-refractivity contribution is 5.74. The molecule has 0 aromatic carbocycles. The van der Waals surface area contributed by atoms with Crippen molar-refractivity contribution in [3.63, 3.8) is 0 Å². The summed E-state index contributed by atoms with van der Waals surface area (Å²) in [6, 6.07) is -0.721. The van der Waals surface area contributed by atoms with Crippen molar-refractivity contribution in [2.75, 3.05) is 0 Å². The van der Waals surface area contributed by atoms with E-state index in [1.807, 2.05) is 13.8 Å². The molecule has 3 N–H and O–H groups in total. The predicted molar refractivity (Wildman–Crippen MR) is 58.3 cm³/mol. The van der Waals surface area contributed by atoms with Crippen LogP contribution in [0.5, 0.6) is 0 Å². The number of carboxylic acids is 1. The summed E-state index contributed by atoms with van der Waals surface area (Å²) in [6.07, 6.45) is 5.13. The van der Waals surface area contributed by atoms with Crippen molar-refractivity contribution < 1.29 is 9.90 Å². The maximum atomic E-state index is 11.0. The zero-order chi connectivity index (χ0) is 11.2. The summed E-state index contributed by atoms with van der Waals surface area (Å²) >= 11 is 0. The number of aliphatic carboxylic acids is 1. The van der Waals surface area contributed by atoms with Gasteiger partial charge < -0.3 is 10.8 Å². The molecule has 2 fully saturated rings. The average Bonchev–Trinajstić information content (AvgIpc) is 2.77. The topological polar surface area (TPSA) is 63.3 Å². The molecule has 4 atom stereocenters. The van der Waals surface area contributed by atoms with E-state index < -0.39 is 12.0 Å². The van der Waals surface area contributed by atoms with Gasteiger partial charge in [0, 0.05) is 0 Å². The van der Waals surface area contributed by atoms with E-state index in [0.717, 1.165) is 11.8 Å². The molecule has 86 valence electrons. The quantitative estimate of drug-likeness (QED) is 0.749. The molecule has 15 heavy (non-hydrogen) atoms. The summed E-state index contributed by atoms with van der Waals surface area (Å²) in [5.41, 5.74) is 5.55. The van der Waals surface area contributed by atoms with Gasteiger partial charge in [-0.1, -0.05) is 20.3 Å². The maximum absolute atomic E-state index is 11.0. The monoisotopic (exact) mass is 211 g/mol. The Bertz CT molecular complexity index is 275. The number of hydrogen-bond acceptors (Lipinski definition) is 2. The Morgan fingerprint density at radius 2 is 2.07 bits per heavy atom. The van der Waals surface area contributed by atoms with Crippen LogP contribution < -0.4 is 5.73 Å². The molecule has 0 saturated heterocycles. The van der Waals surface area contributed by atoms with Gasteiger partial charge in [0.2, 0.25) is 0 Å². The minimum atomic E-state index is -0.859. The molecule has 2 aliphatic rings. The van der Waals surface area contributed by atoms with Crippen LogP contribution in [0.1, 0.15) is 39.5 Å². The Hall–Kier alpha value is -0.570. The lowest BCUT2D eigenvalue weighted by atomic mass is 9.66. The Balaban J connectivity index is 2.12. The molecule has 0 heterocycles. The molecule has 0 aromatic heterocycles. The van der Waals surface area contributed by atoms with Crippen LogP contribution in [0.3, 0.4) is 0 Å². The molecular formula is C12H21NO2. The highest BCUT2D eigenvalue weighted by Gasteiger charge is 2.49. The lowest BCUT2D eigenvalue weighted by Crippen LogP contribution is -2.49. The number of fused-ring (bicyclic) bond motifs is 2. The second-order valence-corrected chi connectivity index (χ2v) is 5.92. The minimum Gasteiger partial charge on any atom is -0.480 e. The highest BCUT2D eigenvalue weighted by atomic mass is 16.4. The van der Waals surface area contributed by atoms with E-state index >= 15 is 0 Å². The van der Waals surface area contributed by atoms with Crippen molar-refractivity contribution in [2.24, 2.45) is 28.9 Å². The van der Waals surface area contributed by atoms with E-state index in [1.54, 1.807) is 0 Å². The minimum absolute atomic E-state index is 0.258. The Labute approximate surface area is 91.0 Å². The molecule has 2 rings (SSSR count). The SMILES string of the molecule is CC(C)(C(N)C(=O)O)C1CC2CCC1C2. The smallest absolute Gasteiger partial charge is 0.321 e. The van der Waals surface area contributed by atoms with E-state index in [-0.39, 0.29) is 5.41 Å². The normalized spacial score (nSPS) is 36.9. The third-order valence-corrected chi connectivity index (χ3v) is 4.76. The van der Waals surface area contributed by atoms with Crippen molar-refractivity contribution in [1.82, 2.24) is 0 Å². The van der Waals surface area contributed by atoms with Gasteiger partial charge in [0.1, 0.15) is 6.04 Å². The van der Waals surface area contributed by atoms with E-state index in [9.17, 15) is 4.79 Å². The van der Waals surface area contributed by atoms with Crippen molar-refractivity contribution in [3.8, 4) is 0 Å². The van der Waals surface area contributed by atoms with Crippen LogP contribution in [-0.4, -0.2) is 17.1 Å². The molecule has 0 aliphatic heterocycles. The van der Waals surface area contributed by atoms with Gasteiger partial charge in [-0.15, -0.1) is 0 Å². The van der Waals surface area contributed by atoms with Crippen LogP contribution in [-0.2, 0) is 4.79 Å². The molecule has 2 saturated carbocycles. The van der Waals surface area contributed by atoms with Crippen LogP contribution >= 0.6 is 0 Å². The molecule has 2 aliphatic carbocycles. The Kier molecular flexibility index (Phi) is 2.53. The van der Waals surface area contributed by atoms with Gasteiger partial charge in [-0.2, -0.15) is 0 Å². The largest absolute Gasteiger partial charge is 0.480 e. The lowest BCUT2D eigenvalue weighted by Gasteiger charge is -2.39. The fraction of sp³-hybridized carbons (Fsp3) is 0.917. The second-order valence-electron chi connectivity index (χ2n) is 5.92. The van der Waals surface area contributed by atoms with Crippen LogP contribution in [0.2, 0.25) is 0 Å². The number of hydrogen-bond donors (Lipinski definition) is 2. The number of nitrogens with two attached hydrogens (primary N) is 1. The van der Waals surface area contributed by atoms with Crippen LogP contribution in [0.15, 0.2) is 0 Å². The second kappa shape index (κ2) is 3.48. The van der Waals surface area contributed by atoms with Crippen molar-refractivity contribution in [3.05, 3.63) is 0 Å². The van der Waals surface area contributed by atoms with Gasteiger partial charge in [0.25, 0.3) is 0 Å². The first-order valence-electron chi connectivity index (χ1n) is 5.91. The standard InChI is InChI=1S/C12H21NO2/c1-12(2,10(13)11(14)15)9-6-7-3-4-8(9)5-7/h7-10H,3-6,13H2,1-2H3,(H,14,15). The highest BCUT2D eigenvalue weighted by Crippen LogP contribution is 2.55. The van der Waals surface area contributed by atoms with Crippen molar-refractivity contribution >= 4 is 5.97 Å². The molecule has 3 nitrogen and oxygen atoms in total. The summed E-state index contributed by atoms with van der Waals surface area (Å²) in [7, 11) is 0. The molecule has 4 unspecified atom stereocenters. The Morgan fingerprint density at radius 1 is 1.40 bits per heavy atom. The number of carboxylic acid groups (broad SMARTS) is 1. The van der Waals surface area contributed by atoms with Gasteiger partial charge in [0.05, 0.1) is 0 Å². The molecule has 0 radical (unpaired) electrons. The molecule has 3 heteroatoms. The molecule has 2 bridgehead atoms. The fourth-order valence-corrected chi connectivity index (χ4v) is 3.70. The molecule has 0 spiro atoms. The fourth-order valence-electron chi connectivity index (χ4n) is 3.70.